The largest absolute Gasteiger partial charge is 0.451 e. The van der Waals surface area contributed by atoms with Gasteiger partial charge >= 0.3 is 6.18 Å². The summed E-state index contributed by atoms with van der Waals surface area (Å²) in [6.07, 6.45) is -4.84. The van der Waals surface area contributed by atoms with Gasteiger partial charge < -0.3 is 0 Å². The van der Waals surface area contributed by atoms with E-state index in [-0.39, 0.29) is 11.3 Å². The summed E-state index contributed by atoms with van der Waals surface area (Å²) in [4.78, 5) is 15.0. The topological polar surface area (TPSA) is 93.0 Å². The Labute approximate surface area is 177 Å². The van der Waals surface area contributed by atoms with Gasteiger partial charge in [0.2, 0.25) is 5.82 Å². The van der Waals surface area contributed by atoms with Gasteiger partial charge in [-0.3, -0.25) is 0 Å². The number of benzene rings is 2. The van der Waals surface area contributed by atoms with Crippen molar-refractivity contribution in [1.29, 1.82) is 0 Å². The third-order valence-electron chi connectivity index (χ3n) is 3.74. The molecule has 0 atom stereocenters. The van der Waals surface area contributed by atoms with Crippen molar-refractivity contribution in [3.05, 3.63) is 69.8 Å². The van der Waals surface area contributed by atoms with Crippen molar-refractivity contribution >= 4 is 29.5 Å². The van der Waals surface area contributed by atoms with Gasteiger partial charge in [-0.15, -0.1) is 0 Å². The molecule has 0 aliphatic heterocycles. The van der Waals surface area contributed by atoms with Gasteiger partial charge in [0.1, 0.15) is 5.82 Å². The minimum atomic E-state index is -4.84. The third-order valence-corrected chi connectivity index (χ3v) is 4.66. The third kappa shape index (κ3) is 5.02. The van der Waals surface area contributed by atoms with E-state index in [4.69, 9.17) is 21.5 Å². The van der Waals surface area contributed by atoms with Gasteiger partial charge in [-0.25, -0.2) is 14.9 Å². The van der Waals surface area contributed by atoms with E-state index in [9.17, 15) is 13.2 Å². The number of azide groups is 1. The fraction of sp³-hybridized carbons (Fsp3) is 0.111. The van der Waals surface area contributed by atoms with Crippen LogP contribution in [0, 0.1) is 0 Å². The Morgan fingerprint density at radius 1 is 1.03 bits per heavy atom. The van der Waals surface area contributed by atoms with Gasteiger partial charge in [0, 0.05) is 26.0 Å². The van der Waals surface area contributed by atoms with Gasteiger partial charge in [0.15, 0.2) is 0 Å². The fourth-order valence-electron chi connectivity index (χ4n) is 2.52. The summed E-state index contributed by atoms with van der Waals surface area (Å²) in [7, 11) is 1.34. The van der Waals surface area contributed by atoms with Crippen LogP contribution in [0.1, 0.15) is 5.82 Å². The summed E-state index contributed by atoms with van der Waals surface area (Å²) in [5.41, 5.74) is 9.76. The average Bonchev–Trinajstić information content (AvgIpc) is 2.72. The van der Waals surface area contributed by atoms with E-state index in [1.165, 1.54) is 7.11 Å². The standard InChI is InChI=1S/C18H11ClF3N5O2S/c1-28-29-30-13-8-4-11(5-9-13)15-14(10-2-6-12(19)7-3-10)16(26-27-23)25-17(24-15)18(20,21)22/h2-9H,1H3. The van der Waals surface area contributed by atoms with Crippen molar-refractivity contribution in [2.24, 2.45) is 5.11 Å². The molecule has 0 aliphatic carbocycles. The maximum Gasteiger partial charge on any atom is 0.451 e. The van der Waals surface area contributed by atoms with Crippen molar-refractivity contribution in [3.63, 3.8) is 0 Å². The van der Waals surface area contributed by atoms with Crippen LogP contribution in [-0.4, -0.2) is 17.1 Å². The molecule has 3 rings (SSSR count). The van der Waals surface area contributed by atoms with E-state index in [1.807, 2.05) is 0 Å². The van der Waals surface area contributed by atoms with Crippen molar-refractivity contribution in [2.45, 2.75) is 11.1 Å². The van der Waals surface area contributed by atoms with Gasteiger partial charge in [-0.1, -0.05) is 35.9 Å². The number of hydrogen-bond donors (Lipinski definition) is 0. The molecule has 0 unspecified atom stereocenters. The quantitative estimate of drug-likeness (QED) is 0.0998. The molecule has 0 fully saturated rings. The lowest BCUT2D eigenvalue weighted by Crippen LogP contribution is -2.12. The minimum absolute atomic E-state index is 0.0498. The Morgan fingerprint density at radius 2 is 1.67 bits per heavy atom. The van der Waals surface area contributed by atoms with Gasteiger partial charge in [0.05, 0.1) is 24.8 Å². The molecule has 0 amide bonds. The Hall–Kier alpha value is -2.82. The summed E-state index contributed by atoms with van der Waals surface area (Å²) in [5.74, 6) is -1.86. The number of halogens is 4. The molecule has 3 aromatic rings. The predicted molar refractivity (Wildman–Crippen MR) is 106 cm³/mol. The molecule has 0 bridgehead atoms. The van der Waals surface area contributed by atoms with E-state index >= 15 is 0 Å². The van der Waals surface area contributed by atoms with E-state index < -0.39 is 17.8 Å². The molecule has 1 aromatic heterocycles. The normalized spacial score (nSPS) is 11.2. The summed E-state index contributed by atoms with van der Waals surface area (Å²) >= 11 is 6.84. The average molecular weight is 454 g/mol. The van der Waals surface area contributed by atoms with E-state index in [1.54, 1.807) is 48.5 Å². The molecule has 0 spiro atoms. The summed E-state index contributed by atoms with van der Waals surface area (Å²) in [6, 6.07) is 12.6. The highest BCUT2D eigenvalue weighted by atomic mass is 35.5. The lowest BCUT2D eigenvalue weighted by Gasteiger charge is -2.15. The van der Waals surface area contributed by atoms with Crippen molar-refractivity contribution in [2.75, 3.05) is 7.11 Å². The molecule has 154 valence electrons. The molecule has 0 N–H and O–H groups in total. The molecule has 0 aliphatic rings. The van der Waals surface area contributed by atoms with Crippen LogP contribution in [0.3, 0.4) is 0 Å². The van der Waals surface area contributed by atoms with Crippen molar-refractivity contribution in [3.8, 4) is 22.4 Å². The smallest absolute Gasteiger partial charge is 0.227 e. The molecule has 0 saturated carbocycles. The summed E-state index contributed by atoms with van der Waals surface area (Å²) in [6.45, 7) is 0. The van der Waals surface area contributed by atoms with Gasteiger partial charge in [0.25, 0.3) is 0 Å². The first-order chi connectivity index (χ1) is 14.3. The van der Waals surface area contributed by atoms with Crippen LogP contribution in [0.5, 0.6) is 0 Å². The fourth-order valence-corrected chi connectivity index (χ4v) is 3.04. The maximum absolute atomic E-state index is 13.4. The predicted octanol–water partition coefficient (Wildman–Crippen LogP) is 7.01. The van der Waals surface area contributed by atoms with E-state index in [2.05, 4.69) is 24.9 Å². The second-order valence-electron chi connectivity index (χ2n) is 5.63. The second kappa shape index (κ2) is 9.33. The number of hydrogen-bond acceptors (Lipinski definition) is 6. The first-order valence-electron chi connectivity index (χ1n) is 8.11. The van der Waals surface area contributed by atoms with Crippen LogP contribution < -0.4 is 0 Å². The Morgan fingerprint density at radius 3 is 2.23 bits per heavy atom. The molecular formula is C18H11ClF3N5O2S. The maximum atomic E-state index is 13.4. The lowest BCUT2D eigenvalue weighted by molar-refractivity contribution is -0.160. The number of aromatic nitrogens is 2. The highest BCUT2D eigenvalue weighted by Gasteiger charge is 2.36. The number of alkyl halides is 3. The van der Waals surface area contributed by atoms with E-state index in [0.717, 1.165) is 12.0 Å². The Balaban J connectivity index is 2.25. The first-order valence-corrected chi connectivity index (χ1v) is 9.23. The minimum Gasteiger partial charge on any atom is -0.227 e. The zero-order valence-corrected chi connectivity index (χ0v) is 16.7. The number of rotatable bonds is 6. The molecule has 2 aromatic carbocycles. The monoisotopic (exact) mass is 453 g/mol. The SMILES string of the molecule is COOSc1ccc(-c2nc(C(F)(F)F)nc(N=[N+]=[N-])c2-c2ccc(Cl)cc2)cc1. The highest BCUT2D eigenvalue weighted by Crippen LogP contribution is 2.40. The Bertz CT molecular complexity index is 1090. The number of nitrogens with zero attached hydrogens (tertiary/aromatic N) is 5. The van der Waals surface area contributed by atoms with Crippen LogP contribution in [0.25, 0.3) is 32.8 Å². The zero-order chi connectivity index (χ0) is 21.7. The molecule has 30 heavy (non-hydrogen) atoms. The lowest BCUT2D eigenvalue weighted by atomic mass is 9.99. The highest BCUT2D eigenvalue weighted by molar-refractivity contribution is 7.94. The molecule has 7 nitrogen and oxygen atoms in total. The second-order valence-corrected chi connectivity index (χ2v) is 6.84. The van der Waals surface area contributed by atoms with Crippen molar-refractivity contribution in [1.82, 2.24) is 9.97 Å². The van der Waals surface area contributed by atoms with Crippen LogP contribution in [-0.2, 0) is 15.4 Å². The molecular weight excluding hydrogens is 443 g/mol. The van der Waals surface area contributed by atoms with Crippen LogP contribution in [0.15, 0.2) is 58.5 Å². The van der Waals surface area contributed by atoms with Crippen LogP contribution in [0.4, 0.5) is 19.0 Å². The summed E-state index contributed by atoms with van der Waals surface area (Å²) < 4.78 is 44.9. The van der Waals surface area contributed by atoms with Crippen LogP contribution >= 0.6 is 23.6 Å². The van der Waals surface area contributed by atoms with E-state index in [0.29, 0.717) is 21.0 Å². The molecule has 0 saturated heterocycles. The molecule has 1 heterocycles. The zero-order valence-electron chi connectivity index (χ0n) is 15.1. The first kappa shape index (κ1) is 21.9. The summed E-state index contributed by atoms with van der Waals surface area (Å²) in [5, 5.41) is 3.81. The van der Waals surface area contributed by atoms with Crippen LogP contribution in [0.2, 0.25) is 5.02 Å². The van der Waals surface area contributed by atoms with Gasteiger partial charge in [-0.2, -0.15) is 17.5 Å². The Kier molecular flexibility index (Phi) is 6.80. The molecule has 0 radical (unpaired) electrons. The molecule has 12 heteroatoms. The van der Waals surface area contributed by atoms with Gasteiger partial charge in [-0.05, 0) is 40.5 Å². The van der Waals surface area contributed by atoms with Crippen molar-refractivity contribution < 1.29 is 22.4 Å².